The van der Waals surface area contributed by atoms with Gasteiger partial charge in [0.15, 0.2) is 0 Å². The molecule has 0 rings (SSSR count). The SMILES string of the molecule is CC(CC(=O)CCCCCCCCCCCCCCCCCCC(=O)O)C(=O)O. The first kappa shape index (κ1) is 27.6. The van der Waals surface area contributed by atoms with Crippen molar-refractivity contribution in [2.45, 2.75) is 129 Å². The molecule has 0 fully saturated rings. The molecule has 29 heavy (non-hydrogen) atoms. The predicted molar refractivity (Wildman–Crippen MR) is 117 cm³/mol. The first-order valence-electron chi connectivity index (χ1n) is 11.9. The van der Waals surface area contributed by atoms with Gasteiger partial charge >= 0.3 is 11.9 Å². The van der Waals surface area contributed by atoms with Gasteiger partial charge in [0.25, 0.3) is 0 Å². The largest absolute Gasteiger partial charge is 0.481 e. The van der Waals surface area contributed by atoms with Crippen LogP contribution in [0.1, 0.15) is 129 Å². The Morgan fingerprint density at radius 2 is 0.862 bits per heavy atom. The maximum atomic E-state index is 11.7. The van der Waals surface area contributed by atoms with Crippen LogP contribution in [0.25, 0.3) is 0 Å². The molecule has 0 aliphatic carbocycles. The number of unbranched alkanes of at least 4 members (excludes halogenated alkanes) is 15. The average Bonchev–Trinajstić information content (AvgIpc) is 2.66. The molecule has 170 valence electrons. The van der Waals surface area contributed by atoms with Crippen LogP contribution in [-0.2, 0) is 14.4 Å². The van der Waals surface area contributed by atoms with Crippen LogP contribution >= 0.6 is 0 Å². The zero-order chi connectivity index (χ0) is 21.7. The minimum absolute atomic E-state index is 0.0816. The lowest BCUT2D eigenvalue weighted by Crippen LogP contribution is -2.14. The molecule has 1 unspecified atom stereocenters. The van der Waals surface area contributed by atoms with Gasteiger partial charge in [0.05, 0.1) is 5.92 Å². The number of hydrogen-bond donors (Lipinski definition) is 2. The zero-order valence-electron chi connectivity index (χ0n) is 18.6. The first-order valence-corrected chi connectivity index (χ1v) is 11.9. The molecule has 0 saturated heterocycles. The van der Waals surface area contributed by atoms with E-state index in [4.69, 9.17) is 10.2 Å². The smallest absolute Gasteiger partial charge is 0.306 e. The van der Waals surface area contributed by atoms with E-state index in [1.54, 1.807) is 6.92 Å². The van der Waals surface area contributed by atoms with Gasteiger partial charge in [-0.3, -0.25) is 14.4 Å². The molecular formula is C24H44O5. The van der Waals surface area contributed by atoms with E-state index < -0.39 is 17.9 Å². The van der Waals surface area contributed by atoms with Crippen LogP contribution in [0.4, 0.5) is 0 Å². The lowest BCUT2D eigenvalue weighted by molar-refractivity contribution is -0.143. The number of hydrogen-bond acceptors (Lipinski definition) is 3. The van der Waals surface area contributed by atoms with E-state index in [2.05, 4.69) is 0 Å². The van der Waals surface area contributed by atoms with Gasteiger partial charge in [-0.25, -0.2) is 0 Å². The number of ketones is 1. The Labute approximate surface area is 177 Å². The number of carboxylic acids is 2. The molecule has 0 aromatic rings. The second-order valence-electron chi connectivity index (χ2n) is 8.53. The Hall–Kier alpha value is -1.39. The van der Waals surface area contributed by atoms with E-state index in [1.807, 2.05) is 0 Å². The Morgan fingerprint density at radius 1 is 0.552 bits per heavy atom. The molecule has 0 aliphatic heterocycles. The minimum atomic E-state index is -0.886. The first-order chi connectivity index (χ1) is 13.9. The Kier molecular flexibility index (Phi) is 19.0. The highest BCUT2D eigenvalue weighted by Crippen LogP contribution is 2.15. The molecule has 5 nitrogen and oxygen atoms in total. The summed E-state index contributed by atoms with van der Waals surface area (Å²) in [6.07, 6.45) is 20.1. The van der Waals surface area contributed by atoms with Gasteiger partial charge in [0.2, 0.25) is 0 Å². The average molecular weight is 413 g/mol. The molecule has 0 heterocycles. The summed E-state index contributed by atoms with van der Waals surface area (Å²) < 4.78 is 0. The lowest BCUT2D eigenvalue weighted by Gasteiger charge is -2.05. The molecule has 0 saturated carbocycles. The van der Waals surface area contributed by atoms with Gasteiger partial charge in [-0.15, -0.1) is 0 Å². The van der Waals surface area contributed by atoms with E-state index >= 15 is 0 Å². The molecule has 0 aliphatic rings. The monoisotopic (exact) mass is 412 g/mol. The van der Waals surface area contributed by atoms with Crippen molar-refractivity contribution in [2.75, 3.05) is 0 Å². The molecule has 0 aromatic carbocycles. The zero-order valence-corrected chi connectivity index (χ0v) is 18.6. The molecule has 0 amide bonds. The van der Waals surface area contributed by atoms with Crippen LogP contribution in [-0.4, -0.2) is 27.9 Å². The predicted octanol–water partition coefficient (Wildman–Crippen LogP) is 6.77. The summed E-state index contributed by atoms with van der Waals surface area (Å²) >= 11 is 0. The van der Waals surface area contributed by atoms with Crippen molar-refractivity contribution >= 4 is 17.7 Å². The quantitative estimate of drug-likeness (QED) is 0.191. The number of carbonyl (C=O) groups is 3. The van der Waals surface area contributed by atoms with Crippen molar-refractivity contribution in [3.05, 3.63) is 0 Å². The topological polar surface area (TPSA) is 91.7 Å². The molecule has 5 heteroatoms. The highest BCUT2D eigenvalue weighted by Gasteiger charge is 2.15. The van der Waals surface area contributed by atoms with Gasteiger partial charge in [-0.2, -0.15) is 0 Å². The molecule has 0 spiro atoms. The van der Waals surface area contributed by atoms with E-state index in [0.717, 1.165) is 25.7 Å². The Morgan fingerprint density at radius 3 is 1.17 bits per heavy atom. The fourth-order valence-corrected chi connectivity index (χ4v) is 3.60. The summed E-state index contributed by atoms with van der Waals surface area (Å²) in [6, 6.07) is 0. The van der Waals surface area contributed by atoms with Crippen LogP contribution in [0.3, 0.4) is 0 Å². The summed E-state index contributed by atoms with van der Waals surface area (Å²) in [4.78, 5) is 32.8. The van der Waals surface area contributed by atoms with Gasteiger partial charge in [0.1, 0.15) is 5.78 Å². The van der Waals surface area contributed by atoms with Gasteiger partial charge in [-0.1, -0.05) is 96.8 Å². The Balaban J connectivity index is 3.18. The lowest BCUT2D eigenvalue weighted by atomic mass is 10.00. The van der Waals surface area contributed by atoms with E-state index in [1.165, 1.54) is 77.0 Å². The summed E-state index contributed by atoms with van der Waals surface area (Å²) in [5, 5.41) is 17.4. The maximum absolute atomic E-state index is 11.7. The molecular weight excluding hydrogens is 368 g/mol. The van der Waals surface area contributed by atoms with Gasteiger partial charge in [0, 0.05) is 19.3 Å². The highest BCUT2D eigenvalue weighted by atomic mass is 16.4. The molecule has 0 aromatic heterocycles. The Bertz CT molecular complexity index is 433. The summed E-state index contributed by atoms with van der Waals surface area (Å²) in [5.41, 5.74) is 0. The van der Waals surface area contributed by atoms with E-state index in [0.29, 0.717) is 12.8 Å². The third kappa shape index (κ3) is 21.1. The third-order valence-corrected chi connectivity index (χ3v) is 5.55. The molecule has 2 N–H and O–H groups in total. The van der Waals surface area contributed by atoms with Crippen LogP contribution in [0.15, 0.2) is 0 Å². The highest BCUT2D eigenvalue weighted by molar-refractivity contribution is 5.83. The number of carboxylic acid groups (broad SMARTS) is 2. The van der Waals surface area contributed by atoms with Crippen molar-refractivity contribution in [3.63, 3.8) is 0 Å². The van der Waals surface area contributed by atoms with Crippen LogP contribution in [0.5, 0.6) is 0 Å². The fourth-order valence-electron chi connectivity index (χ4n) is 3.60. The molecule has 0 radical (unpaired) electrons. The van der Waals surface area contributed by atoms with Crippen LogP contribution < -0.4 is 0 Å². The van der Waals surface area contributed by atoms with Gasteiger partial charge < -0.3 is 10.2 Å². The molecule has 1 atom stereocenters. The van der Waals surface area contributed by atoms with Crippen LogP contribution in [0.2, 0.25) is 0 Å². The van der Waals surface area contributed by atoms with E-state index in [9.17, 15) is 14.4 Å². The van der Waals surface area contributed by atoms with Crippen LogP contribution in [0, 0.1) is 5.92 Å². The number of Topliss-reactive ketones (excluding diaryl/α,β-unsaturated/α-hetero) is 1. The van der Waals surface area contributed by atoms with E-state index in [-0.39, 0.29) is 12.2 Å². The molecule has 0 bridgehead atoms. The standard InChI is InChI=1S/C24H44O5/c1-21(24(28)29)20-22(25)18-16-14-12-10-8-6-4-2-3-5-7-9-11-13-15-17-19-23(26)27/h21H,2-20H2,1H3,(H,26,27)(H,28,29). The summed E-state index contributed by atoms with van der Waals surface area (Å²) in [5.74, 6) is -2.04. The van der Waals surface area contributed by atoms with Crippen molar-refractivity contribution < 1.29 is 24.6 Å². The maximum Gasteiger partial charge on any atom is 0.306 e. The van der Waals surface area contributed by atoms with Crippen molar-refractivity contribution in [1.82, 2.24) is 0 Å². The number of carbonyl (C=O) groups excluding carboxylic acids is 1. The van der Waals surface area contributed by atoms with Gasteiger partial charge in [-0.05, 0) is 12.8 Å². The van der Waals surface area contributed by atoms with Crippen molar-refractivity contribution in [1.29, 1.82) is 0 Å². The fraction of sp³-hybridized carbons (Fsp3) is 0.875. The second kappa shape index (κ2) is 19.9. The van der Waals surface area contributed by atoms with Crippen molar-refractivity contribution in [3.8, 4) is 0 Å². The number of aliphatic carboxylic acids is 2. The minimum Gasteiger partial charge on any atom is -0.481 e. The second-order valence-corrected chi connectivity index (χ2v) is 8.53. The van der Waals surface area contributed by atoms with Crippen molar-refractivity contribution in [2.24, 2.45) is 5.92 Å². The number of rotatable bonds is 22. The summed E-state index contributed by atoms with van der Waals surface area (Å²) in [7, 11) is 0. The summed E-state index contributed by atoms with van der Waals surface area (Å²) in [6.45, 7) is 1.59. The third-order valence-electron chi connectivity index (χ3n) is 5.55. The normalized spacial score (nSPS) is 12.0.